The monoisotopic (exact) mass is 496 g/mol. The van der Waals surface area contributed by atoms with Crippen LogP contribution in [0.4, 0.5) is 19.0 Å². The van der Waals surface area contributed by atoms with Gasteiger partial charge in [-0.3, -0.25) is 0 Å². The molecule has 0 saturated heterocycles. The van der Waals surface area contributed by atoms with E-state index < -0.39 is 18.3 Å². The van der Waals surface area contributed by atoms with Crippen LogP contribution in [0, 0.1) is 6.92 Å². The molecule has 33 heavy (non-hydrogen) atoms. The lowest BCUT2D eigenvalue weighted by Crippen LogP contribution is -2.27. The van der Waals surface area contributed by atoms with Gasteiger partial charge in [-0.25, -0.2) is 19.3 Å². The van der Waals surface area contributed by atoms with E-state index in [1.807, 2.05) is 30.0 Å². The summed E-state index contributed by atoms with van der Waals surface area (Å²) in [5.41, 5.74) is 2.65. The number of halogens is 5. The maximum atomic E-state index is 12.9. The normalized spacial score (nSPS) is 10.7. The summed E-state index contributed by atoms with van der Waals surface area (Å²) in [6, 6.07) is 10.8. The fraction of sp³-hybridized carbons (Fsp3) is 0.261. The minimum absolute atomic E-state index is 0.170. The Hall–Kier alpha value is -2.84. The van der Waals surface area contributed by atoms with Crippen LogP contribution in [-0.4, -0.2) is 28.1 Å². The first-order chi connectivity index (χ1) is 15.8. The molecule has 1 aromatic carbocycles. The second-order valence-corrected chi connectivity index (χ2v) is 7.93. The van der Waals surface area contributed by atoms with Gasteiger partial charge in [0.1, 0.15) is 22.3 Å². The molecule has 0 aliphatic rings. The lowest BCUT2D eigenvalue weighted by atomic mass is 10.1. The van der Waals surface area contributed by atoms with E-state index in [0.29, 0.717) is 46.9 Å². The van der Waals surface area contributed by atoms with Gasteiger partial charge in [0.15, 0.2) is 11.6 Å². The van der Waals surface area contributed by atoms with Crippen LogP contribution < -0.4 is 9.64 Å². The van der Waals surface area contributed by atoms with Crippen molar-refractivity contribution < 1.29 is 17.9 Å². The van der Waals surface area contributed by atoms with Crippen molar-refractivity contribution in [1.29, 1.82) is 0 Å². The van der Waals surface area contributed by atoms with Crippen LogP contribution in [0.25, 0.3) is 0 Å². The Labute approximate surface area is 199 Å². The van der Waals surface area contributed by atoms with Gasteiger partial charge < -0.3 is 9.64 Å². The zero-order chi connectivity index (χ0) is 23.8. The molecule has 3 rings (SSSR count). The zero-order valence-electron chi connectivity index (χ0n) is 17.7. The Morgan fingerprint density at radius 2 is 1.70 bits per heavy atom. The Kier molecular flexibility index (Phi) is 8.91. The van der Waals surface area contributed by atoms with Crippen molar-refractivity contribution >= 4 is 29.0 Å². The molecule has 0 aliphatic carbocycles. The third-order valence-electron chi connectivity index (χ3n) is 4.80. The molecule has 3 aromatic rings. The minimum Gasteiger partial charge on any atom is -0.493 e. The van der Waals surface area contributed by atoms with E-state index in [1.54, 1.807) is 24.4 Å². The average Bonchev–Trinajstić information content (AvgIpc) is 2.80. The highest BCUT2D eigenvalue weighted by molar-refractivity contribution is 6.33. The summed E-state index contributed by atoms with van der Waals surface area (Å²) in [7, 11) is 0. The maximum absolute atomic E-state index is 12.9. The summed E-state index contributed by atoms with van der Waals surface area (Å²) < 4.78 is 42.4. The predicted molar refractivity (Wildman–Crippen MR) is 123 cm³/mol. The second-order valence-electron chi connectivity index (χ2n) is 7.17. The van der Waals surface area contributed by atoms with E-state index in [0.717, 1.165) is 11.1 Å². The third-order valence-corrected chi connectivity index (χ3v) is 5.46. The third kappa shape index (κ3) is 7.33. The first-order valence-electron chi connectivity index (χ1n) is 10.1. The summed E-state index contributed by atoms with van der Waals surface area (Å²) in [5.74, 6) is -0.361. The number of aryl methyl sites for hydroxylation is 1. The smallest absolute Gasteiger partial charge is 0.301 e. The molecule has 0 aliphatic heterocycles. The Morgan fingerprint density at radius 1 is 0.970 bits per heavy atom. The predicted octanol–water partition coefficient (Wildman–Crippen LogP) is 6.58. The van der Waals surface area contributed by atoms with Crippen molar-refractivity contribution in [3.05, 3.63) is 87.8 Å². The molecule has 0 amide bonds. The van der Waals surface area contributed by atoms with Gasteiger partial charge in [-0.2, -0.15) is 8.78 Å². The highest BCUT2D eigenvalue weighted by Crippen LogP contribution is 2.27. The SMILES string of the molecule is Cc1ncnc(N(CCc2ccc(OCCC(F)=C(F)F)cc2)Cc2ccc(Cl)nc2)c1Cl. The first-order valence-corrected chi connectivity index (χ1v) is 10.8. The van der Waals surface area contributed by atoms with E-state index in [2.05, 4.69) is 15.0 Å². The van der Waals surface area contributed by atoms with E-state index >= 15 is 0 Å². The van der Waals surface area contributed by atoms with Crippen molar-refractivity contribution in [2.75, 3.05) is 18.1 Å². The van der Waals surface area contributed by atoms with E-state index in [4.69, 9.17) is 27.9 Å². The van der Waals surface area contributed by atoms with Gasteiger partial charge in [-0.1, -0.05) is 41.4 Å². The van der Waals surface area contributed by atoms with E-state index in [9.17, 15) is 13.2 Å². The highest BCUT2D eigenvalue weighted by Gasteiger charge is 2.15. The van der Waals surface area contributed by atoms with E-state index in [1.165, 1.54) is 6.33 Å². The van der Waals surface area contributed by atoms with Crippen LogP contribution in [0.1, 0.15) is 23.2 Å². The molecule has 0 atom stereocenters. The topological polar surface area (TPSA) is 51.1 Å². The fourth-order valence-corrected chi connectivity index (χ4v) is 3.34. The van der Waals surface area contributed by atoms with Crippen LogP contribution in [0.15, 0.2) is 60.8 Å². The maximum Gasteiger partial charge on any atom is 0.301 e. The molecule has 0 bridgehead atoms. The number of ether oxygens (including phenoxy) is 1. The quantitative estimate of drug-likeness (QED) is 0.296. The molecule has 0 N–H and O–H groups in total. The van der Waals surface area contributed by atoms with E-state index in [-0.39, 0.29) is 6.61 Å². The Balaban J connectivity index is 1.67. The standard InChI is InChI=1S/C23H21Cl2F3N4O/c1-15-21(25)23(31-14-30-15)32(13-17-4-7-20(24)29-12-17)10-8-16-2-5-18(6-3-16)33-11-9-19(26)22(27)28/h2-7,12,14H,8-11,13H2,1H3. The summed E-state index contributed by atoms with van der Waals surface area (Å²) in [5, 5.41) is 0.895. The number of rotatable bonds is 10. The number of aromatic nitrogens is 3. The minimum atomic E-state index is -2.31. The van der Waals surface area contributed by atoms with Crippen LogP contribution >= 0.6 is 23.2 Å². The summed E-state index contributed by atoms with van der Waals surface area (Å²) >= 11 is 12.4. The van der Waals surface area contributed by atoms with Gasteiger partial charge in [0.05, 0.1) is 12.3 Å². The fourth-order valence-electron chi connectivity index (χ4n) is 3.02. The van der Waals surface area contributed by atoms with Gasteiger partial charge in [-0.15, -0.1) is 0 Å². The number of hydrogen-bond donors (Lipinski definition) is 0. The van der Waals surface area contributed by atoms with Crippen LogP contribution in [-0.2, 0) is 13.0 Å². The molecule has 0 radical (unpaired) electrons. The van der Waals surface area contributed by atoms with Gasteiger partial charge in [0, 0.05) is 25.7 Å². The van der Waals surface area contributed by atoms with Gasteiger partial charge in [0.25, 0.3) is 0 Å². The first kappa shape index (κ1) is 24.8. The molecule has 5 nitrogen and oxygen atoms in total. The average molecular weight is 497 g/mol. The molecule has 0 spiro atoms. The summed E-state index contributed by atoms with van der Waals surface area (Å²) in [6.45, 7) is 2.77. The summed E-state index contributed by atoms with van der Waals surface area (Å²) in [6.07, 6.45) is 1.06. The number of hydrogen-bond acceptors (Lipinski definition) is 5. The van der Waals surface area contributed by atoms with Gasteiger partial charge in [-0.05, 0) is 42.7 Å². The van der Waals surface area contributed by atoms with Crippen molar-refractivity contribution in [3.8, 4) is 5.75 Å². The summed E-state index contributed by atoms with van der Waals surface area (Å²) in [4.78, 5) is 14.7. The number of nitrogens with zero attached hydrogens (tertiary/aromatic N) is 4. The molecule has 0 unspecified atom stereocenters. The molecular weight excluding hydrogens is 476 g/mol. The van der Waals surface area contributed by atoms with Crippen LogP contribution in [0.3, 0.4) is 0 Å². The van der Waals surface area contributed by atoms with Crippen molar-refractivity contribution in [2.45, 2.75) is 26.3 Å². The highest BCUT2D eigenvalue weighted by atomic mass is 35.5. The molecular formula is C23H21Cl2F3N4O. The number of anilines is 1. The molecule has 174 valence electrons. The molecule has 2 heterocycles. The van der Waals surface area contributed by atoms with Crippen LogP contribution in [0.2, 0.25) is 10.2 Å². The second kappa shape index (κ2) is 11.9. The van der Waals surface area contributed by atoms with Crippen molar-refractivity contribution in [3.63, 3.8) is 0 Å². The van der Waals surface area contributed by atoms with Crippen LogP contribution in [0.5, 0.6) is 5.75 Å². The Bertz CT molecular complexity index is 1090. The van der Waals surface area contributed by atoms with Crippen molar-refractivity contribution in [1.82, 2.24) is 15.0 Å². The molecule has 0 fully saturated rings. The molecule has 0 saturated carbocycles. The molecule has 10 heteroatoms. The molecule has 2 aromatic heterocycles. The van der Waals surface area contributed by atoms with Gasteiger partial charge >= 0.3 is 6.08 Å². The zero-order valence-corrected chi connectivity index (χ0v) is 19.3. The largest absolute Gasteiger partial charge is 0.493 e. The number of benzene rings is 1. The lowest BCUT2D eigenvalue weighted by molar-refractivity contribution is 0.295. The van der Waals surface area contributed by atoms with Crippen molar-refractivity contribution in [2.24, 2.45) is 0 Å². The van der Waals surface area contributed by atoms with Gasteiger partial charge in [0.2, 0.25) is 0 Å². The lowest BCUT2D eigenvalue weighted by Gasteiger charge is -2.25. The number of pyridine rings is 1. The Morgan fingerprint density at radius 3 is 2.36 bits per heavy atom.